The van der Waals surface area contributed by atoms with Crippen LogP contribution in [-0.4, -0.2) is 33.4 Å². The topological polar surface area (TPSA) is 67.3 Å². The molecule has 1 saturated heterocycles. The third-order valence-electron chi connectivity index (χ3n) is 3.19. The fourth-order valence-electron chi connectivity index (χ4n) is 2.00. The van der Waals surface area contributed by atoms with E-state index in [4.69, 9.17) is 34.8 Å². The Morgan fingerprint density at radius 2 is 1.84 bits per heavy atom. The Morgan fingerprint density at radius 3 is 2.44 bits per heavy atom. The summed E-state index contributed by atoms with van der Waals surface area (Å²) in [5, 5.41) is 0.120. The molecule has 1 fully saturated rings. The average molecular weight is 434 g/mol. The van der Waals surface area contributed by atoms with Gasteiger partial charge in [-0.15, -0.1) is 11.3 Å². The molecule has 1 aliphatic rings. The number of halogens is 3. The monoisotopic (exact) mass is 432 g/mol. The number of benzene rings is 1. The molecule has 0 atom stereocenters. The van der Waals surface area contributed by atoms with Crippen LogP contribution in [0.2, 0.25) is 14.6 Å². The van der Waals surface area contributed by atoms with Gasteiger partial charge in [-0.2, -0.15) is 0 Å². The van der Waals surface area contributed by atoms with Gasteiger partial charge in [0.2, 0.25) is 0 Å². The van der Waals surface area contributed by atoms with Crippen LogP contribution < -0.4 is 0 Å². The lowest BCUT2D eigenvalue weighted by Crippen LogP contribution is -2.33. The first kappa shape index (κ1) is 18.4. The van der Waals surface area contributed by atoms with Crippen LogP contribution in [0.15, 0.2) is 29.2 Å². The quantitative estimate of drug-likeness (QED) is 0.500. The normalized spacial score (nSPS) is 16.1. The predicted octanol–water partition coefficient (Wildman–Crippen LogP) is 5.02. The number of amides is 2. The number of rotatable bonds is 4. The summed E-state index contributed by atoms with van der Waals surface area (Å²) in [6.45, 7) is -0.346. The van der Waals surface area contributed by atoms with Crippen LogP contribution in [-0.2, 0) is 4.79 Å². The molecular formula is C15H7Cl3N2O3S2. The molecule has 1 aliphatic heterocycles. The van der Waals surface area contributed by atoms with Gasteiger partial charge in [-0.05, 0) is 42.1 Å². The summed E-state index contributed by atoms with van der Waals surface area (Å²) in [6, 6.07) is 6.22. The average Bonchev–Trinajstić information content (AvgIpc) is 3.01. The predicted molar refractivity (Wildman–Crippen MR) is 101 cm³/mol. The van der Waals surface area contributed by atoms with E-state index >= 15 is 0 Å². The molecule has 2 amide bonds. The highest BCUT2D eigenvalue weighted by Gasteiger charge is 2.36. The van der Waals surface area contributed by atoms with Gasteiger partial charge in [-0.3, -0.25) is 19.3 Å². The van der Waals surface area contributed by atoms with Gasteiger partial charge >= 0.3 is 0 Å². The van der Waals surface area contributed by atoms with Crippen LogP contribution in [0.1, 0.15) is 15.2 Å². The second-order valence-electron chi connectivity index (χ2n) is 4.82. The lowest BCUT2D eigenvalue weighted by Gasteiger charge is -2.11. The van der Waals surface area contributed by atoms with Gasteiger partial charge in [0.05, 0.1) is 16.3 Å². The maximum absolute atomic E-state index is 12.4. The van der Waals surface area contributed by atoms with E-state index in [1.807, 2.05) is 0 Å². The minimum absolute atomic E-state index is 0.152. The van der Waals surface area contributed by atoms with Crippen molar-refractivity contribution < 1.29 is 14.4 Å². The van der Waals surface area contributed by atoms with Gasteiger partial charge in [-0.1, -0.05) is 34.8 Å². The molecule has 10 heteroatoms. The molecule has 0 saturated carbocycles. The number of thioether (sulfide) groups is 1. The number of aromatic nitrogens is 1. The highest BCUT2D eigenvalue weighted by atomic mass is 35.5. The number of Topliss-reactive ketones (excluding diaryl/α,β-unsaturated/α-hetero) is 1. The van der Waals surface area contributed by atoms with E-state index in [0.29, 0.717) is 15.5 Å². The van der Waals surface area contributed by atoms with Gasteiger partial charge in [0.15, 0.2) is 10.3 Å². The Hall–Kier alpha value is -1.38. The minimum atomic E-state index is -0.557. The standard InChI is InChI=1S/C15H7Cl3N2O3S2/c16-8-3-1-7(2-4-8)9(21)6-20-13(22)11(25-15(20)23)5-10-12(17)19-14(18)24-10/h1-5H,6H2/b11-5-. The molecule has 1 aromatic heterocycles. The number of nitrogens with zero attached hydrogens (tertiary/aromatic N) is 2. The summed E-state index contributed by atoms with van der Waals surface area (Å²) in [5.74, 6) is -0.919. The summed E-state index contributed by atoms with van der Waals surface area (Å²) in [4.78, 5) is 42.1. The van der Waals surface area contributed by atoms with Crippen molar-refractivity contribution >= 4 is 80.9 Å². The molecule has 25 heavy (non-hydrogen) atoms. The Labute approximate surface area is 165 Å². The van der Waals surface area contributed by atoms with E-state index in [2.05, 4.69) is 4.98 Å². The zero-order valence-corrected chi connectivity index (χ0v) is 16.1. The molecule has 128 valence electrons. The van der Waals surface area contributed by atoms with Crippen molar-refractivity contribution in [1.82, 2.24) is 9.88 Å². The zero-order chi connectivity index (χ0) is 18.1. The first-order chi connectivity index (χ1) is 11.8. The first-order valence-corrected chi connectivity index (χ1v) is 9.48. The highest BCUT2D eigenvalue weighted by Crippen LogP contribution is 2.36. The molecule has 0 bridgehead atoms. The van der Waals surface area contributed by atoms with Gasteiger partial charge in [0, 0.05) is 10.6 Å². The summed E-state index contributed by atoms with van der Waals surface area (Å²) < 4.78 is 0.230. The summed E-state index contributed by atoms with van der Waals surface area (Å²) in [5.41, 5.74) is 0.365. The number of carbonyl (C=O) groups is 3. The molecule has 1 aromatic carbocycles. The van der Waals surface area contributed by atoms with E-state index in [-0.39, 0.29) is 26.9 Å². The zero-order valence-electron chi connectivity index (χ0n) is 12.2. The van der Waals surface area contributed by atoms with Crippen LogP contribution in [0, 0.1) is 0 Å². The number of hydrogen-bond donors (Lipinski definition) is 0. The summed E-state index contributed by atoms with van der Waals surface area (Å²) >= 11 is 19.3. The second kappa shape index (κ2) is 7.47. The number of ketones is 1. The van der Waals surface area contributed by atoms with E-state index in [1.54, 1.807) is 24.3 Å². The smallest absolute Gasteiger partial charge is 0.292 e. The third kappa shape index (κ3) is 4.07. The number of imide groups is 1. The van der Waals surface area contributed by atoms with E-state index in [9.17, 15) is 14.4 Å². The van der Waals surface area contributed by atoms with Crippen molar-refractivity contribution in [3.8, 4) is 0 Å². The Bertz CT molecular complexity index is 909. The Balaban J connectivity index is 1.78. The molecule has 0 unspecified atom stereocenters. The number of thiazole rings is 1. The molecule has 2 heterocycles. The van der Waals surface area contributed by atoms with Crippen molar-refractivity contribution in [1.29, 1.82) is 0 Å². The van der Waals surface area contributed by atoms with Crippen LogP contribution in [0.4, 0.5) is 4.79 Å². The van der Waals surface area contributed by atoms with Crippen molar-refractivity contribution in [2.75, 3.05) is 6.54 Å². The van der Waals surface area contributed by atoms with E-state index in [0.717, 1.165) is 28.0 Å². The number of hydrogen-bond acceptors (Lipinski definition) is 6. The molecule has 5 nitrogen and oxygen atoms in total. The van der Waals surface area contributed by atoms with Crippen molar-refractivity contribution in [2.24, 2.45) is 0 Å². The third-order valence-corrected chi connectivity index (χ3v) is 5.85. The van der Waals surface area contributed by atoms with Crippen molar-refractivity contribution in [2.45, 2.75) is 0 Å². The van der Waals surface area contributed by atoms with Crippen LogP contribution in [0.3, 0.4) is 0 Å². The van der Waals surface area contributed by atoms with Gasteiger partial charge in [-0.25, -0.2) is 4.98 Å². The van der Waals surface area contributed by atoms with E-state index < -0.39 is 11.1 Å². The molecule has 0 spiro atoms. The second-order valence-corrected chi connectivity index (χ2v) is 8.22. The maximum Gasteiger partial charge on any atom is 0.293 e. The van der Waals surface area contributed by atoms with Crippen LogP contribution in [0.25, 0.3) is 6.08 Å². The molecule has 0 radical (unpaired) electrons. The van der Waals surface area contributed by atoms with Crippen molar-refractivity contribution in [3.63, 3.8) is 0 Å². The molecule has 0 N–H and O–H groups in total. The molecule has 0 aliphatic carbocycles. The lowest BCUT2D eigenvalue weighted by atomic mass is 10.1. The molecule has 3 rings (SSSR count). The van der Waals surface area contributed by atoms with E-state index in [1.165, 1.54) is 6.08 Å². The maximum atomic E-state index is 12.4. The van der Waals surface area contributed by atoms with Gasteiger partial charge in [0.1, 0.15) is 5.15 Å². The van der Waals surface area contributed by atoms with Crippen LogP contribution >= 0.6 is 57.9 Å². The van der Waals surface area contributed by atoms with Gasteiger partial charge in [0.25, 0.3) is 11.1 Å². The fraction of sp³-hybridized carbons (Fsp3) is 0.0667. The minimum Gasteiger partial charge on any atom is -0.292 e. The largest absolute Gasteiger partial charge is 0.293 e. The Kier molecular flexibility index (Phi) is 5.50. The molecular weight excluding hydrogens is 427 g/mol. The fourth-order valence-corrected chi connectivity index (χ4v) is 4.33. The summed E-state index contributed by atoms with van der Waals surface area (Å²) in [7, 11) is 0. The number of carbonyl (C=O) groups excluding carboxylic acids is 3. The van der Waals surface area contributed by atoms with Crippen LogP contribution in [0.5, 0.6) is 0 Å². The van der Waals surface area contributed by atoms with Gasteiger partial charge < -0.3 is 0 Å². The highest BCUT2D eigenvalue weighted by molar-refractivity contribution is 8.18. The Morgan fingerprint density at radius 1 is 1.16 bits per heavy atom. The van der Waals surface area contributed by atoms with Crippen molar-refractivity contribution in [3.05, 3.63) is 54.3 Å². The SMILES string of the molecule is O=C(CN1C(=O)S/C(=C\c2sc(Cl)nc2Cl)C1=O)c1ccc(Cl)cc1. The summed E-state index contributed by atoms with van der Waals surface area (Å²) in [6.07, 6.45) is 1.45. The lowest BCUT2D eigenvalue weighted by molar-refractivity contribution is -0.122. The molecule has 2 aromatic rings. The first-order valence-electron chi connectivity index (χ1n) is 6.71.